The summed E-state index contributed by atoms with van der Waals surface area (Å²) in [6.07, 6.45) is 4.83. The summed E-state index contributed by atoms with van der Waals surface area (Å²) < 4.78 is 11.8. The number of hydrazine groups is 1. The van der Waals surface area contributed by atoms with Crippen LogP contribution in [0.4, 0.5) is 4.79 Å². The molecular weight excluding hydrogens is 454 g/mol. The molecule has 0 radical (unpaired) electrons. The van der Waals surface area contributed by atoms with Gasteiger partial charge in [-0.05, 0) is 66.6 Å². The maximum atomic E-state index is 13.3. The van der Waals surface area contributed by atoms with Crippen molar-refractivity contribution in [3.8, 4) is 11.5 Å². The van der Waals surface area contributed by atoms with Crippen LogP contribution in [0.15, 0.2) is 60.7 Å². The van der Waals surface area contributed by atoms with Crippen LogP contribution in [0.3, 0.4) is 0 Å². The Balaban J connectivity index is 1.33. The largest absolute Gasteiger partial charge is 0.493 e. The number of nitrogens with one attached hydrogen (secondary N) is 1. The van der Waals surface area contributed by atoms with Gasteiger partial charge in [0.25, 0.3) is 0 Å². The van der Waals surface area contributed by atoms with Crippen LogP contribution >= 0.6 is 0 Å². The van der Waals surface area contributed by atoms with Gasteiger partial charge in [0.15, 0.2) is 11.5 Å². The molecule has 1 heterocycles. The van der Waals surface area contributed by atoms with Gasteiger partial charge in [-0.1, -0.05) is 48.5 Å². The van der Waals surface area contributed by atoms with Crippen molar-refractivity contribution in [1.29, 1.82) is 0 Å². The van der Waals surface area contributed by atoms with Crippen molar-refractivity contribution in [2.75, 3.05) is 14.2 Å². The number of amides is 3. The lowest BCUT2D eigenvalue weighted by atomic mass is 10.00. The molecule has 0 spiro atoms. The molecule has 36 heavy (non-hydrogen) atoms. The lowest BCUT2D eigenvalue weighted by molar-refractivity contribution is -0.131. The van der Waals surface area contributed by atoms with Crippen LogP contribution < -0.4 is 14.8 Å². The molecule has 7 heteroatoms. The number of nitrogens with zero attached hydrogens (tertiary/aromatic N) is 2. The molecular formula is C29H33N3O4. The van der Waals surface area contributed by atoms with E-state index in [1.54, 1.807) is 19.2 Å². The van der Waals surface area contributed by atoms with Crippen molar-refractivity contribution in [3.63, 3.8) is 0 Å². The molecule has 3 aromatic rings. The Morgan fingerprint density at radius 3 is 2.56 bits per heavy atom. The number of methoxy groups -OCH3 is 1. The van der Waals surface area contributed by atoms with Crippen LogP contribution in [-0.4, -0.2) is 42.2 Å². The van der Waals surface area contributed by atoms with Gasteiger partial charge in [0.2, 0.25) is 5.91 Å². The van der Waals surface area contributed by atoms with E-state index in [2.05, 4.69) is 17.4 Å². The van der Waals surface area contributed by atoms with E-state index in [-0.39, 0.29) is 30.5 Å². The first-order chi connectivity index (χ1) is 17.5. The summed E-state index contributed by atoms with van der Waals surface area (Å²) in [5.74, 6) is 1.13. The van der Waals surface area contributed by atoms with Crippen molar-refractivity contribution in [3.05, 3.63) is 71.8 Å². The number of hydrogen-bond donors (Lipinski definition) is 1. The van der Waals surface area contributed by atoms with E-state index < -0.39 is 6.03 Å². The fraction of sp³-hybridized carbons (Fsp3) is 0.379. The van der Waals surface area contributed by atoms with Gasteiger partial charge in [-0.25, -0.2) is 9.80 Å². The van der Waals surface area contributed by atoms with E-state index in [0.29, 0.717) is 11.5 Å². The van der Waals surface area contributed by atoms with Crippen molar-refractivity contribution in [2.24, 2.45) is 0 Å². The zero-order valence-electron chi connectivity index (χ0n) is 21.1. The molecule has 188 valence electrons. The zero-order chi connectivity index (χ0) is 25.2. The molecule has 0 aromatic heterocycles. The average molecular weight is 488 g/mol. The zero-order valence-corrected chi connectivity index (χ0v) is 21.1. The number of carbonyl (C=O) groups excluding carboxylic acids is 2. The van der Waals surface area contributed by atoms with Crippen LogP contribution in [-0.2, 0) is 4.79 Å². The molecule has 7 nitrogen and oxygen atoms in total. The lowest BCUT2D eigenvalue weighted by Crippen LogP contribution is -2.48. The highest BCUT2D eigenvalue weighted by Crippen LogP contribution is 2.38. The molecule has 1 unspecified atom stereocenters. The molecule has 1 saturated carbocycles. The molecule has 2 fully saturated rings. The van der Waals surface area contributed by atoms with Gasteiger partial charge >= 0.3 is 6.03 Å². The number of carbonyl (C=O) groups is 2. The summed E-state index contributed by atoms with van der Waals surface area (Å²) >= 11 is 0. The van der Waals surface area contributed by atoms with Crippen LogP contribution in [0.5, 0.6) is 11.5 Å². The number of rotatable bonds is 6. The Kier molecular flexibility index (Phi) is 6.83. The molecule has 1 aliphatic heterocycles. The first-order valence-corrected chi connectivity index (χ1v) is 12.6. The van der Waals surface area contributed by atoms with Crippen molar-refractivity contribution < 1.29 is 19.1 Å². The van der Waals surface area contributed by atoms with E-state index in [1.807, 2.05) is 55.5 Å². The Labute approximate surface area is 211 Å². The highest BCUT2D eigenvalue weighted by Gasteiger charge is 2.40. The summed E-state index contributed by atoms with van der Waals surface area (Å²) in [7, 11) is 3.41. The summed E-state index contributed by atoms with van der Waals surface area (Å²) in [4.78, 5) is 26.3. The third-order valence-corrected chi connectivity index (χ3v) is 7.36. The number of ether oxygens (including phenoxy) is 2. The summed E-state index contributed by atoms with van der Waals surface area (Å²) in [5.41, 5.74) is 1.92. The molecule has 1 saturated heterocycles. The maximum Gasteiger partial charge on any atom is 0.339 e. The second-order valence-corrected chi connectivity index (χ2v) is 9.67. The number of imide groups is 1. The molecule has 0 bridgehead atoms. The topological polar surface area (TPSA) is 71.1 Å². The molecule has 5 rings (SSSR count). The fourth-order valence-electron chi connectivity index (χ4n) is 5.42. The van der Waals surface area contributed by atoms with Crippen LogP contribution in [0.2, 0.25) is 0 Å². The van der Waals surface area contributed by atoms with E-state index in [1.165, 1.54) is 17.9 Å². The summed E-state index contributed by atoms with van der Waals surface area (Å²) in [6.45, 7) is 1.94. The first-order valence-electron chi connectivity index (χ1n) is 12.6. The van der Waals surface area contributed by atoms with E-state index in [0.717, 1.165) is 34.7 Å². The minimum Gasteiger partial charge on any atom is -0.493 e. The third kappa shape index (κ3) is 4.63. The Bertz CT molecular complexity index is 1270. The van der Waals surface area contributed by atoms with E-state index in [9.17, 15) is 9.59 Å². The molecule has 3 aromatic carbocycles. The van der Waals surface area contributed by atoms with Gasteiger partial charge in [0, 0.05) is 7.05 Å². The number of fused-ring (bicyclic) bond motifs is 1. The Morgan fingerprint density at radius 1 is 1.03 bits per heavy atom. The average Bonchev–Trinajstić information content (AvgIpc) is 3.50. The highest BCUT2D eigenvalue weighted by molar-refractivity contribution is 5.96. The van der Waals surface area contributed by atoms with Crippen LogP contribution in [0.25, 0.3) is 10.8 Å². The molecule has 1 N–H and O–H groups in total. The predicted molar refractivity (Wildman–Crippen MR) is 139 cm³/mol. The lowest BCUT2D eigenvalue weighted by Gasteiger charge is -2.28. The second-order valence-electron chi connectivity index (χ2n) is 9.67. The molecule has 3 amide bonds. The normalized spacial score (nSPS) is 19.6. The Hall–Kier alpha value is -3.58. The quantitative estimate of drug-likeness (QED) is 0.479. The number of urea groups is 1. The molecule has 1 aliphatic carbocycles. The number of benzene rings is 3. The van der Waals surface area contributed by atoms with Gasteiger partial charge < -0.3 is 14.8 Å². The maximum absolute atomic E-state index is 13.3. The van der Waals surface area contributed by atoms with Gasteiger partial charge in [0.05, 0.1) is 31.7 Å². The van der Waals surface area contributed by atoms with Crippen LogP contribution in [0, 0.1) is 0 Å². The van der Waals surface area contributed by atoms with Crippen molar-refractivity contribution >= 4 is 22.7 Å². The van der Waals surface area contributed by atoms with E-state index >= 15 is 0 Å². The van der Waals surface area contributed by atoms with Crippen molar-refractivity contribution in [1.82, 2.24) is 15.3 Å². The second kappa shape index (κ2) is 10.2. The van der Waals surface area contributed by atoms with E-state index in [4.69, 9.17) is 9.47 Å². The predicted octanol–water partition coefficient (Wildman–Crippen LogP) is 5.76. The monoisotopic (exact) mass is 487 g/mol. The van der Waals surface area contributed by atoms with Gasteiger partial charge in [0.1, 0.15) is 0 Å². The van der Waals surface area contributed by atoms with Gasteiger partial charge in [-0.2, -0.15) is 5.01 Å². The summed E-state index contributed by atoms with van der Waals surface area (Å²) in [5, 5.41) is 8.15. The molecule has 2 aliphatic rings. The summed E-state index contributed by atoms with van der Waals surface area (Å²) in [6, 6.07) is 18.9. The minimum atomic E-state index is -0.429. The smallest absolute Gasteiger partial charge is 0.339 e. The number of hydrogen-bond acceptors (Lipinski definition) is 5. The molecule has 2 atom stereocenters. The standard InChI is InChI=1S/C29H33N3O4/c1-19(23-14-8-10-20-9-4-7-13-24(20)23)30-29(34)32-28(33)18-25(31(32)2)21-15-16-26(35-3)27(17-21)36-22-11-5-6-12-22/h4,7-10,13-17,19,22,25H,5-6,11-12,18H2,1-3H3,(H,30,34)/t19-,25?/m0/s1. The first kappa shape index (κ1) is 24.1. The van der Waals surface area contributed by atoms with Crippen molar-refractivity contribution in [2.45, 2.75) is 57.2 Å². The van der Waals surface area contributed by atoms with Gasteiger partial charge in [-0.15, -0.1) is 0 Å². The van der Waals surface area contributed by atoms with Crippen LogP contribution in [0.1, 0.15) is 62.2 Å². The minimum absolute atomic E-state index is 0.190. The SMILES string of the molecule is COc1ccc(C2CC(=O)N(C(=O)N[C@@H](C)c3cccc4ccccc34)N2C)cc1OC1CCCC1. The Morgan fingerprint density at radius 2 is 1.78 bits per heavy atom. The van der Waals surface area contributed by atoms with Gasteiger partial charge in [-0.3, -0.25) is 4.79 Å². The highest BCUT2D eigenvalue weighted by atomic mass is 16.5. The third-order valence-electron chi connectivity index (χ3n) is 7.36. The fourth-order valence-corrected chi connectivity index (χ4v) is 5.42.